The van der Waals surface area contributed by atoms with Gasteiger partial charge in [0, 0.05) is 19.3 Å². The first kappa shape index (κ1) is 13.0. The van der Waals surface area contributed by atoms with Crippen molar-refractivity contribution in [2.45, 2.75) is 19.4 Å². The second-order valence-electron chi connectivity index (χ2n) is 4.29. The van der Waals surface area contributed by atoms with Crippen LogP contribution in [0.5, 0.6) is 0 Å². The Balaban J connectivity index is 1.84. The van der Waals surface area contributed by atoms with Gasteiger partial charge in [-0.2, -0.15) is 0 Å². The average Bonchev–Trinajstić information content (AvgIpc) is 2.85. The van der Waals surface area contributed by atoms with Crippen molar-refractivity contribution < 1.29 is 9.53 Å². The quantitative estimate of drug-likeness (QED) is 0.729. The van der Waals surface area contributed by atoms with Gasteiger partial charge in [0.25, 0.3) is 0 Å². The molecule has 7 nitrogen and oxygen atoms in total. The zero-order chi connectivity index (χ0) is 12.8. The normalized spacial score (nSPS) is 15.9. The minimum atomic E-state index is 0.0635. The van der Waals surface area contributed by atoms with Crippen LogP contribution < -0.4 is 5.73 Å². The van der Waals surface area contributed by atoms with Gasteiger partial charge in [-0.05, 0) is 19.4 Å². The highest BCUT2D eigenvalue weighted by atomic mass is 16.5. The van der Waals surface area contributed by atoms with Gasteiger partial charge in [0.2, 0.25) is 5.91 Å². The molecule has 2 rings (SSSR count). The zero-order valence-corrected chi connectivity index (χ0v) is 10.4. The molecule has 18 heavy (non-hydrogen) atoms. The standard InChI is InChI=1S/C11H19N5O2/c12-3-1-2-10-8-16(14-13-10)9-11(17)15-4-6-18-7-5-15/h8H,1-7,9,12H2. The van der Waals surface area contributed by atoms with Crippen molar-refractivity contribution in [3.63, 3.8) is 0 Å². The Hall–Kier alpha value is -1.47. The number of carbonyl (C=O) groups excluding carboxylic acids is 1. The van der Waals surface area contributed by atoms with Crippen LogP contribution in [-0.2, 0) is 22.5 Å². The van der Waals surface area contributed by atoms with E-state index in [1.807, 2.05) is 6.20 Å². The summed E-state index contributed by atoms with van der Waals surface area (Å²) in [5.74, 6) is 0.0635. The Morgan fingerprint density at radius 1 is 1.44 bits per heavy atom. The highest BCUT2D eigenvalue weighted by Crippen LogP contribution is 2.01. The number of nitrogens with two attached hydrogens (primary N) is 1. The summed E-state index contributed by atoms with van der Waals surface area (Å²) in [5.41, 5.74) is 6.32. The number of aromatic nitrogens is 3. The van der Waals surface area contributed by atoms with E-state index < -0.39 is 0 Å². The van der Waals surface area contributed by atoms with Crippen LogP contribution in [0.3, 0.4) is 0 Å². The summed E-state index contributed by atoms with van der Waals surface area (Å²) in [7, 11) is 0. The maximum Gasteiger partial charge on any atom is 0.244 e. The molecule has 2 heterocycles. The van der Waals surface area contributed by atoms with Gasteiger partial charge in [0.05, 0.1) is 18.9 Å². The lowest BCUT2D eigenvalue weighted by molar-refractivity contribution is -0.136. The van der Waals surface area contributed by atoms with Crippen molar-refractivity contribution in [2.24, 2.45) is 5.73 Å². The summed E-state index contributed by atoms with van der Waals surface area (Å²) in [4.78, 5) is 13.7. The summed E-state index contributed by atoms with van der Waals surface area (Å²) < 4.78 is 6.79. The van der Waals surface area contributed by atoms with E-state index in [0.29, 0.717) is 32.8 Å². The first-order valence-corrected chi connectivity index (χ1v) is 6.24. The molecule has 0 spiro atoms. The molecule has 0 aromatic carbocycles. The van der Waals surface area contributed by atoms with E-state index in [4.69, 9.17) is 10.5 Å². The second-order valence-corrected chi connectivity index (χ2v) is 4.29. The third-order valence-electron chi connectivity index (χ3n) is 2.88. The number of ether oxygens (including phenoxy) is 1. The van der Waals surface area contributed by atoms with Crippen LogP contribution in [0.25, 0.3) is 0 Å². The van der Waals surface area contributed by atoms with Gasteiger partial charge in [-0.15, -0.1) is 5.10 Å². The first-order valence-electron chi connectivity index (χ1n) is 6.24. The van der Waals surface area contributed by atoms with Crippen LogP contribution >= 0.6 is 0 Å². The number of nitrogens with zero attached hydrogens (tertiary/aromatic N) is 4. The molecule has 1 fully saturated rings. The number of morpholine rings is 1. The Morgan fingerprint density at radius 2 is 2.22 bits per heavy atom. The molecule has 100 valence electrons. The van der Waals surface area contributed by atoms with Crippen LogP contribution in [0.15, 0.2) is 6.20 Å². The molecule has 1 saturated heterocycles. The number of carbonyl (C=O) groups is 1. The molecule has 0 unspecified atom stereocenters. The van der Waals surface area contributed by atoms with Crippen molar-refractivity contribution in [3.05, 3.63) is 11.9 Å². The van der Waals surface area contributed by atoms with Crippen molar-refractivity contribution in [1.29, 1.82) is 0 Å². The van der Waals surface area contributed by atoms with Crippen LogP contribution in [0.1, 0.15) is 12.1 Å². The number of amides is 1. The van der Waals surface area contributed by atoms with E-state index in [0.717, 1.165) is 18.5 Å². The maximum atomic E-state index is 12.0. The lowest BCUT2D eigenvalue weighted by atomic mass is 10.2. The largest absolute Gasteiger partial charge is 0.378 e. The van der Waals surface area contributed by atoms with Gasteiger partial charge in [-0.3, -0.25) is 4.79 Å². The molecular weight excluding hydrogens is 234 g/mol. The lowest BCUT2D eigenvalue weighted by Crippen LogP contribution is -2.42. The third-order valence-corrected chi connectivity index (χ3v) is 2.88. The molecule has 1 amide bonds. The lowest BCUT2D eigenvalue weighted by Gasteiger charge is -2.26. The molecule has 1 aliphatic heterocycles. The fourth-order valence-corrected chi connectivity index (χ4v) is 1.86. The van der Waals surface area contributed by atoms with E-state index in [9.17, 15) is 4.79 Å². The summed E-state index contributed by atoms with van der Waals surface area (Å²) in [6.07, 6.45) is 3.51. The molecule has 1 aromatic rings. The topological polar surface area (TPSA) is 86.3 Å². The average molecular weight is 253 g/mol. The molecule has 7 heteroatoms. The molecular formula is C11H19N5O2. The number of hydrogen-bond acceptors (Lipinski definition) is 5. The fraction of sp³-hybridized carbons (Fsp3) is 0.727. The van der Waals surface area contributed by atoms with Gasteiger partial charge in [0.1, 0.15) is 6.54 Å². The molecule has 1 aliphatic rings. The van der Waals surface area contributed by atoms with Crippen LogP contribution in [0.4, 0.5) is 0 Å². The molecule has 1 aromatic heterocycles. The van der Waals surface area contributed by atoms with Gasteiger partial charge in [-0.25, -0.2) is 4.68 Å². The molecule has 0 bridgehead atoms. The van der Waals surface area contributed by atoms with Gasteiger partial charge >= 0.3 is 0 Å². The molecule has 0 saturated carbocycles. The Bertz CT molecular complexity index is 387. The van der Waals surface area contributed by atoms with E-state index >= 15 is 0 Å². The number of rotatable bonds is 5. The molecule has 0 aliphatic carbocycles. The second kappa shape index (κ2) is 6.46. The van der Waals surface area contributed by atoms with Crippen molar-refractivity contribution in [1.82, 2.24) is 19.9 Å². The minimum absolute atomic E-state index is 0.0635. The summed E-state index contributed by atoms with van der Waals surface area (Å²) >= 11 is 0. The van der Waals surface area contributed by atoms with Crippen molar-refractivity contribution in [2.75, 3.05) is 32.8 Å². The van der Waals surface area contributed by atoms with Gasteiger partial charge in [0.15, 0.2) is 0 Å². The monoisotopic (exact) mass is 253 g/mol. The summed E-state index contributed by atoms with van der Waals surface area (Å²) in [6, 6.07) is 0. The number of aryl methyl sites for hydroxylation is 1. The highest BCUT2D eigenvalue weighted by Gasteiger charge is 2.17. The van der Waals surface area contributed by atoms with E-state index in [1.165, 1.54) is 0 Å². The Kier molecular flexibility index (Phi) is 4.66. The van der Waals surface area contributed by atoms with Crippen molar-refractivity contribution >= 4 is 5.91 Å². The molecule has 0 radical (unpaired) electrons. The third kappa shape index (κ3) is 3.51. The van der Waals surface area contributed by atoms with E-state index in [-0.39, 0.29) is 12.5 Å². The molecule has 0 atom stereocenters. The predicted molar refractivity (Wildman–Crippen MR) is 64.8 cm³/mol. The highest BCUT2D eigenvalue weighted by molar-refractivity contribution is 5.75. The van der Waals surface area contributed by atoms with Gasteiger partial charge in [-0.1, -0.05) is 5.21 Å². The van der Waals surface area contributed by atoms with E-state index in [2.05, 4.69) is 10.3 Å². The predicted octanol–water partition coefficient (Wildman–Crippen LogP) is -0.972. The van der Waals surface area contributed by atoms with Crippen LogP contribution in [0, 0.1) is 0 Å². The Morgan fingerprint density at radius 3 is 2.94 bits per heavy atom. The molecule has 2 N–H and O–H groups in total. The fourth-order valence-electron chi connectivity index (χ4n) is 1.86. The summed E-state index contributed by atoms with van der Waals surface area (Å²) in [6.45, 7) is 3.44. The van der Waals surface area contributed by atoms with E-state index in [1.54, 1.807) is 9.58 Å². The maximum absolute atomic E-state index is 12.0. The number of hydrogen-bond donors (Lipinski definition) is 1. The first-order chi connectivity index (χ1) is 8.79. The van der Waals surface area contributed by atoms with Gasteiger partial charge < -0.3 is 15.4 Å². The minimum Gasteiger partial charge on any atom is -0.378 e. The smallest absolute Gasteiger partial charge is 0.244 e. The Labute approximate surface area is 106 Å². The van der Waals surface area contributed by atoms with Crippen molar-refractivity contribution in [3.8, 4) is 0 Å². The summed E-state index contributed by atoms with van der Waals surface area (Å²) in [5, 5.41) is 7.96. The van der Waals surface area contributed by atoms with Crippen LogP contribution in [-0.4, -0.2) is 58.6 Å². The SMILES string of the molecule is NCCCc1cn(CC(=O)N2CCOCC2)nn1. The zero-order valence-electron chi connectivity index (χ0n) is 10.4. The van der Waals surface area contributed by atoms with Crippen LogP contribution in [0.2, 0.25) is 0 Å².